The summed E-state index contributed by atoms with van der Waals surface area (Å²) in [6.07, 6.45) is 1.24. The maximum Gasteiger partial charge on any atom is 0.407 e. The van der Waals surface area contributed by atoms with Gasteiger partial charge in [-0.15, -0.1) is 0 Å². The van der Waals surface area contributed by atoms with Crippen LogP contribution < -0.4 is 5.32 Å². The molecule has 3 nitrogen and oxygen atoms in total. The minimum atomic E-state index is -1.50. The zero-order valence-corrected chi connectivity index (χ0v) is 12.4. The van der Waals surface area contributed by atoms with E-state index in [0.29, 0.717) is 0 Å². The van der Waals surface area contributed by atoms with Crippen LogP contribution >= 0.6 is 0 Å². The minimum Gasteiger partial charge on any atom is -0.445 e. The average molecular weight is 339 g/mol. The van der Waals surface area contributed by atoms with E-state index < -0.39 is 34.9 Å². The lowest BCUT2D eigenvalue weighted by Crippen LogP contribution is -2.24. The summed E-state index contributed by atoms with van der Waals surface area (Å²) < 4.78 is 57.7. The van der Waals surface area contributed by atoms with Crippen LogP contribution in [0.15, 0.2) is 42.5 Å². The summed E-state index contributed by atoms with van der Waals surface area (Å²) in [6.45, 7) is -0.0701. The van der Waals surface area contributed by atoms with E-state index in [1.807, 2.05) is 6.07 Å². The molecule has 1 N–H and O–H groups in total. The number of halogens is 4. The standard InChI is InChI=1S/C17H13F4NO2/c18-13-9-14(19)16(21)12(15(13)20)7-4-8-22-17(23)24-10-11-5-2-1-3-6-11/h1-7,9H,8,10H2,(H,22,23). The topological polar surface area (TPSA) is 38.3 Å². The third kappa shape index (κ3) is 4.58. The second-order valence-corrected chi connectivity index (χ2v) is 4.73. The van der Waals surface area contributed by atoms with Gasteiger partial charge in [-0.2, -0.15) is 0 Å². The predicted octanol–water partition coefficient (Wildman–Crippen LogP) is 4.18. The van der Waals surface area contributed by atoms with Crippen LogP contribution in [0.4, 0.5) is 22.4 Å². The second kappa shape index (κ2) is 8.14. The third-order valence-corrected chi connectivity index (χ3v) is 3.01. The van der Waals surface area contributed by atoms with E-state index in [4.69, 9.17) is 4.74 Å². The molecule has 0 aromatic heterocycles. The maximum absolute atomic E-state index is 13.4. The quantitative estimate of drug-likeness (QED) is 0.655. The van der Waals surface area contributed by atoms with Crippen molar-refractivity contribution in [3.05, 3.63) is 76.9 Å². The summed E-state index contributed by atoms with van der Waals surface area (Å²) in [6, 6.07) is 9.08. The maximum atomic E-state index is 13.4. The van der Waals surface area contributed by atoms with Crippen LogP contribution in [-0.2, 0) is 11.3 Å². The summed E-state index contributed by atoms with van der Waals surface area (Å²) in [5.41, 5.74) is -0.0606. The molecule has 0 fully saturated rings. The van der Waals surface area contributed by atoms with Crippen LogP contribution in [0.5, 0.6) is 0 Å². The van der Waals surface area contributed by atoms with Crippen molar-refractivity contribution in [1.29, 1.82) is 0 Å². The van der Waals surface area contributed by atoms with E-state index in [2.05, 4.69) is 5.32 Å². The van der Waals surface area contributed by atoms with E-state index >= 15 is 0 Å². The van der Waals surface area contributed by atoms with Crippen molar-refractivity contribution < 1.29 is 27.1 Å². The van der Waals surface area contributed by atoms with Crippen LogP contribution in [0.25, 0.3) is 6.08 Å². The minimum absolute atomic E-state index is 0.0642. The normalized spacial score (nSPS) is 10.8. The Balaban J connectivity index is 1.86. The number of rotatable bonds is 5. The first-order chi connectivity index (χ1) is 11.5. The van der Waals surface area contributed by atoms with Gasteiger partial charge in [-0.3, -0.25) is 0 Å². The van der Waals surface area contributed by atoms with Crippen molar-refractivity contribution >= 4 is 12.2 Å². The van der Waals surface area contributed by atoms with E-state index in [9.17, 15) is 22.4 Å². The monoisotopic (exact) mass is 339 g/mol. The zero-order chi connectivity index (χ0) is 17.5. The SMILES string of the molecule is O=C(NCC=Cc1c(F)c(F)cc(F)c1F)OCc1ccccc1. The number of hydrogen-bond acceptors (Lipinski definition) is 2. The largest absolute Gasteiger partial charge is 0.445 e. The Kier molecular flexibility index (Phi) is 5.95. The van der Waals surface area contributed by atoms with Gasteiger partial charge in [0.05, 0.1) is 5.56 Å². The molecule has 0 saturated heterocycles. The number of ether oxygens (including phenoxy) is 1. The number of carbonyl (C=O) groups excluding carboxylic acids is 1. The van der Waals surface area contributed by atoms with Crippen molar-refractivity contribution in [2.24, 2.45) is 0 Å². The number of benzene rings is 2. The van der Waals surface area contributed by atoms with Gasteiger partial charge in [0.25, 0.3) is 0 Å². The highest BCUT2D eigenvalue weighted by molar-refractivity contribution is 5.67. The molecular formula is C17H13F4NO2. The summed E-state index contributed by atoms with van der Waals surface area (Å²) in [5, 5.41) is 2.31. The van der Waals surface area contributed by atoms with Crippen LogP contribution in [0.3, 0.4) is 0 Å². The highest BCUT2D eigenvalue weighted by atomic mass is 19.2. The molecule has 2 aromatic carbocycles. The number of carbonyl (C=O) groups is 1. The van der Waals surface area contributed by atoms with E-state index in [-0.39, 0.29) is 19.2 Å². The molecule has 24 heavy (non-hydrogen) atoms. The van der Waals surface area contributed by atoms with Crippen LogP contribution in [0.2, 0.25) is 0 Å². The molecule has 0 aliphatic heterocycles. The zero-order valence-electron chi connectivity index (χ0n) is 12.4. The van der Waals surface area contributed by atoms with Gasteiger partial charge in [0.15, 0.2) is 23.3 Å². The third-order valence-electron chi connectivity index (χ3n) is 3.01. The van der Waals surface area contributed by atoms with Gasteiger partial charge in [0, 0.05) is 12.6 Å². The Morgan fingerprint density at radius 1 is 1.04 bits per heavy atom. The number of hydrogen-bond donors (Lipinski definition) is 1. The van der Waals surface area contributed by atoms with Crippen LogP contribution in [-0.4, -0.2) is 12.6 Å². The number of nitrogens with one attached hydrogen (secondary N) is 1. The molecule has 0 bridgehead atoms. The number of amides is 1. The molecule has 0 aliphatic carbocycles. The second-order valence-electron chi connectivity index (χ2n) is 4.73. The highest BCUT2D eigenvalue weighted by Gasteiger charge is 2.16. The van der Waals surface area contributed by atoms with Gasteiger partial charge in [-0.25, -0.2) is 22.4 Å². The first-order valence-corrected chi connectivity index (χ1v) is 6.93. The average Bonchev–Trinajstić information content (AvgIpc) is 2.58. The Bertz CT molecular complexity index is 722. The molecule has 7 heteroatoms. The first-order valence-electron chi connectivity index (χ1n) is 6.93. The summed E-state index contributed by atoms with van der Waals surface area (Å²) in [7, 11) is 0. The molecule has 2 rings (SSSR count). The van der Waals surface area contributed by atoms with Gasteiger partial charge in [-0.05, 0) is 5.56 Å². The fraction of sp³-hybridized carbons (Fsp3) is 0.118. The van der Waals surface area contributed by atoms with Crippen molar-refractivity contribution in [2.75, 3.05) is 6.54 Å². The highest BCUT2D eigenvalue weighted by Crippen LogP contribution is 2.20. The first kappa shape index (κ1) is 17.5. The Morgan fingerprint density at radius 2 is 1.67 bits per heavy atom. The van der Waals surface area contributed by atoms with E-state index in [1.165, 1.54) is 0 Å². The van der Waals surface area contributed by atoms with Crippen molar-refractivity contribution in [1.82, 2.24) is 5.32 Å². The molecule has 0 heterocycles. The number of alkyl carbamates (subject to hydrolysis) is 1. The lowest BCUT2D eigenvalue weighted by molar-refractivity contribution is 0.141. The summed E-state index contributed by atoms with van der Waals surface area (Å²) >= 11 is 0. The van der Waals surface area contributed by atoms with Crippen molar-refractivity contribution in [3.8, 4) is 0 Å². The molecule has 0 aliphatic rings. The molecule has 126 valence electrons. The Morgan fingerprint density at radius 3 is 2.29 bits per heavy atom. The van der Waals surface area contributed by atoms with Crippen LogP contribution in [0, 0.1) is 23.3 Å². The lowest BCUT2D eigenvalue weighted by Gasteiger charge is -2.05. The molecule has 2 aromatic rings. The molecule has 0 radical (unpaired) electrons. The van der Waals surface area contributed by atoms with Crippen LogP contribution in [0.1, 0.15) is 11.1 Å². The van der Waals surface area contributed by atoms with Crippen molar-refractivity contribution in [2.45, 2.75) is 6.61 Å². The summed E-state index contributed by atoms with van der Waals surface area (Å²) in [5.74, 6) is -6.00. The van der Waals surface area contributed by atoms with Gasteiger partial charge >= 0.3 is 6.09 Å². The Labute approximate surface area is 135 Å². The fourth-order valence-corrected chi connectivity index (χ4v) is 1.83. The molecule has 1 amide bonds. The molecular weight excluding hydrogens is 326 g/mol. The van der Waals surface area contributed by atoms with Gasteiger partial charge < -0.3 is 10.1 Å². The fourth-order valence-electron chi connectivity index (χ4n) is 1.83. The van der Waals surface area contributed by atoms with Crippen molar-refractivity contribution in [3.63, 3.8) is 0 Å². The molecule has 0 atom stereocenters. The van der Waals surface area contributed by atoms with Gasteiger partial charge in [0.1, 0.15) is 6.61 Å². The lowest BCUT2D eigenvalue weighted by atomic mass is 10.1. The molecule has 0 spiro atoms. The van der Waals surface area contributed by atoms with E-state index in [1.54, 1.807) is 24.3 Å². The predicted molar refractivity (Wildman–Crippen MR) is 79.9 cm³/mol. The Hall–Kier alpha value is -2.83. The molecule has 0 unspecified atom stereocenters. The summed E-state index contributed by atoms with van der Waals surface area (Å²) in [4.78, 5) is 11.4. The van der Waals surface area contributed by atoms with E-state index in [0.717, 1.165) is 17.7 Å². The van der Waals surface area contributed by atoms with Gasteiger partial charge in [0.2, 0.25) is 0 Å². The molecule has 0 saturated carbocycles. The smallest absolute Gasteiger partial charge is 0.407 e. The van der Waals surface area contributed by atoms with Gasteiger partial charge in [-0.1, -0.05) is 42.5 Å².